The Morgan fingerprint density at radius 3 is 2.81 bits per heavy atom. The van der Waals surface area contributed by atoms with Gasteiger partial charge in [-0.15, -0.1) is 0 Å². The summed E-state index contributed by atoms with van der Waals surface area (Å²) in [4.78, 5) is 12.7. The monoisotopic (exact) mass is 369 g/mol. The molecule has 2 aliphatic rings. The Morgan fingerprint density at radius 1 is 1.30 bits per heavy atom. The number of benzene rings is 1. The fourth-order valence-electron chi connectivity index (χ4n) is 4.17. The van der Waals surface area contributed by atoms with Gasteiger partial charge in [-0.1, -0.05) is 18.2 Å². The van der Waals surface area contributed by atoms with Crippen molar-refractivity contribution in [3.8, 4) is 5.75 Å². The maximum absolute atomic E-state index is 12.7. The number of nitrogens with zero attached hydrogens (tertiary/aromatic N) is 2. The second-order valence-electron chi connectivity index (χ2n) is 7.66. The molecule has 6 heteroatoms. The van der Waals surface area contributed by atoms with E-state index in [1.54, 1.807) is 0 Å². The lowest BCUT2D eigenvalue weighted by Gasteiger charge is -2.44. The van der Waals surface area contributed by atoms with Crippen molar-refractivity contribution >= 4 is 5.91 Å². The highest BCUT2D eigenvalue weighted by Gasteiger charge is 2.42. The van der Waals surface area contributed by atoms with Gasteiger partial charge in [-0.3, -0.25) is 9.48 Å². The van der Waals surface area contributed by atoms with Gasteiger partial charge in [0.25, 0.3) is 0 Å². The average molecular weight is 369 g/mol. The largest absolute Gasteiger partial charge is 0.487 e. The van der Waals surface area contributed by atoms with Gasteiger partial charge in [0.2, 0.25) is 5.91 Å². The minimum atomic E-state index is -0.236. The molecule has 1 aromatic carbocycles. The van der Waals surface area contributed by atoms with E-state index in [1.807, 2.05) is 48.9 Å². The third-order valence-electron chi connectivity index (χ3n) is 5.59. The molecule has 0 aliphatic carbocycles. The van der Waals surface area contributed by atoms with Gasteiger partial charge in [0.05, 0.1) is 24.9 Å². The van der Waals surface area contributed by atoms with Gasteiger partial charge in [0, 0.05) is 43.5 Å². The number of carbonyl (C=O) groups excluding carboxylic acids is 1. The molecule has 3 heterocycles. The number of nitrogens with one attached hydrogen (secondary N) is 1. The molecular formula is C21H27N3O3. The second kappa shape index (κ2) is 7.35. The van der Waals surface area contributed by atoms with Crippen LogP contribution in [0.5, 0.6) is 5.75 Å². The van der Waals surface area contributed by atoms with E-state index in [0.717, 1.165) is 42.0 Å². The first kappa shape index (κ1) is 18.0. The Bertz CT molecular complexity index is 824. The summed E-state index contributed by atoms with van der Waals surface area (Å²) in [6.07, 6.45) is 2.93. The third-order valence-corrected chi connectivity index (χ3v) is 5.59. The van der Waals surface area contributed by atoms with E-state index >= 15 is 0 Å². The predicted octanol–water partition coefficient (Wildman–Crippen LogP) is 3.08. The first-order chi connectivity index (χ1) is 13.0. The normalized spacial score (nSPS) is 20.7. The van der Waals surface area contributed by atoms with Crippen molar-refractivity contribution in [3.63, 3.8) is 0 Å². The quantitative estimate of drug-likeness (QED) is 0.899. The van der Waals surface area contributed by atoms with Gasteiger partial charge in [0.1, 0.15) is 11.4 Å². The van der Waals surface area contributed by atoms with Crippen molar-refractivity contribution in [1.29, 1.82) is 0 Å². The van der Waals surface area contributed by atoms with Crippen LogP contribution in [0.15, 0.2) is 30.3 Å². The Morgan fingerprint density at radius 2 is 2.07 bits per heavy atom. The topological polar surface area (TPSA) is 65.4 Å². The van der Waals surface area contributed by atoms with E-state index in [-0.39, 0.29) is 17.6 Å². The molecule has 0 bridgehead atoms. The van der Waals surface area contributed by atoms with Gasteiger partial charge in [0.15, 0.2) is 0 Å². The van der Waals surface area contributed by atoms with Crippen LogP contribution in [0, 0.1) is 13.8 Å². The number of para-hydroxylation sites is 1. The number of ether oxygens (including phenoxy) is 2. The summed E-state index contributed by atoms with van der Waals surface area (Å²) in [7, 11) is 0. The van der Waals surface area contributed by atoms with Gasteiger partial charge in [-0.25, -0.2) is 0 Å². The molecular weight excluding hydrogens is 342 g/mol. The minimum Gasteiger partial charge on any atom is -0.487 e. The summed E-state index contributed by atoms with van der Waals surface area (Å²) in [6.45, 7) is 5.99. The Hall–Kier alpha value is -2.34. The molecule has 144 valence electrons. The lowest BCUT2D eigenvalue weighted by atomic mass is 9.82. The highest BCUT2D eigenvalue weighted by atomic mass is 16.5. The van der Waals surface area contributed by atoms with Crippen molar-refractivity contribution in [2.24, 2.45) is 0 Å². The van der Waals surface area contributed by atoms with Crippen molar-refractivity contribution in [1.82, 2.24) is 15.1 Å². The van der Waals surface area contributed by atoms with Gasteiger partial charge in [-0.2, -0.15) is 5.10 Å². The fraction of sp³-hybridized carbons (Fsp3) is 0.524. The summed E-state index contributed by atoms with van der Waals surface area (Å²) >= 11 is 0. The van der Waals surface area contributed by atoms with Crippen molar-refractivity contribution < 1.29 is 14.3 Å². The molecule has 1 atom stereocenters. The molecule has 0 saturated carbocycles. The van der Waals surface area contributed by atoms with Crippen LogP contribution < -0.4 is 10.1 Å². The predicted molar refractivity (Wildman–Crippen MR) is 102 cm³/mol. The van der Waals surface area contributed by atoms with Crippen molar-refractivity contribution in [3.05, 3.63) is 47.3 Å². The van der Waals surface area contributed by atoms with Gasteiger partial charge < -0.3 is 14.8 Å². The van der Waals surface area contributed by atoms with E-state index in [4.69, 9.17) is 9.47 Å². The summed E-state index contributed by atoms with van der Waals surface area (Å²) in [5.41, 5.74) is 2.89. The lowest BCUT2D eigenvalue weighted by Crippen LogP contribution is -2.48. The molecule has 6 nitrogen and oxygen atoms in total. The van der Waals surface area contributed by atoms with Crippen LogP contribution >= 0.6 is 0 Å². The van der Waals surface area contributed by atoms with E-state index in [0.29, 0.717) is 26.2 Å². The van der Waals surface area contributed by atoms with Crippen molar-refractivity contribution in [2.45, 2.75) is 57.7 Å². The van der Waals surface area contributed by atoms with Crippen LogP contribution in [-0.2, 0) is 16.1 Å². The summed E-state index contributed by atoms with van der Waals surface area (Å²) in [6, 6.07) is 10.0. The molecule has 1 N–H and O–H groups in total. The first-order valence-electron chi connectivity index (χ1n) is 9.71. The molecule has 1 aromatic heterocycles. The molecule has 4 rings (SSSR count). The Kier molecular flexibility index (Phi) is 4.91. The van der Waals surface area contributed by atoms with E-state index in [2.05, 4.69) is 10.4 Å². The van der Waals surface area contributed by atoms with E-state index in [1.165, 1.54) is 0 Å². The zero-order valence-corrected chi connectivity index (χ0v) is 16.0. The number of fused-ring (bicyclic) bond motifs is 1. The summed E-state index contributed by atoms with van der Waals surface area (Å²) in [5, 5.41) is 7.68. The summed E-state index contributed by atoms with van der Waals surface area (Å²) < 4.78 is 13.8. The molecule has 1 fully saturated rings. The van der Waals surface area contributed by atoms with Gasteiger partial charge in [-0.05, 0) is 26.0 Å². The van der Waals surface area contributed by atoms with E-state index < -0.39 is 0 Å². The number of carbonyl (C=O) groups is 1. The van der Waals surface area contributed by atoms with Crippen LogP contribution in [0.1, 0.15) is 48.7 Å². The molecule has 2 aromatic rings. The second-order valence-corrected chi connectivity index (χ2v) is 7.66. The zero-order chi connectivity index (χ0) is 18.9. The zero-order valence-electron chi connectivity index (χ0n) is 16.0. The molecule has 0 radical (unpaired) electrons. The first-order valence-corrected chi connectivity index (χ1v) is 9.71. The molecule has 1 spiro atoms. The van der Waals surface area contributed by atoms with E-state index in [9.17, 15) is 4.79 Å². The highest BCUT2D eigenvalue weighted by Crippen LogP contribution is 2.43. The number of aromatic nitrogens is 2. The lowest BCUT2D eigenvalue weighted by molar-refractivity contribution is -0.123. The van der Waals surface area contributed by atoms with Crippen LogP contribution in [0.3, 0.4) is 0 Å². The molecule has 2 aliphatic heterocycles. The maximum Gasteiger partial charge on any atom is 0.222 e. The molecule has 27 heavy (non-hydrogen) atoms. The molecule has 1 saturated heterocycles. The summed E-state index contributed by atoms with van der Waals surface area (Å²) in [5.74, 6) is 0.931. The van der Waals surface area contributed by atoms with Crippen LogP contribution in [0.4, 0.5) is 0 Å². The highest BCUT2D eigenvalue weighted by molar-refractivity contribution is 5.76. The number of rotatable bonds is 4. The smallest absolute Gasteiger partial charge is 0.222 e. The molecule has 1 amide bonds. The minimum absolute atomic E-state index is 0.0268. The average Bonchev–Trinajstić information content (AvgIpc) is 2.98. The standard InChI is InChI=1S/C21H27N3O3/c1-15-13-16(2)24(23-15)10-7-20(25)22-18-14-21(8-11-26-12-9-21)27-19-6-4-3-5-17(18)19/h3-6,13,18H,7-12,14H2,1-2H3,(H,22,25)/t18-/m1/s1. The van der Waals surface area contributed by atoms with Crippen LogP contribution in [-0.4, -0.2) is 34.5 Å². The number of aryl methyl sites for hydroxylation is 3. The Labute approximate surface area is 159 Å². The SMILES string of the molecule is Cc1cc(C)n(CCC(=O)N[C@@H]2CC3(CCOCC3)Oc3ccccc32)n1. The Balaban J connectivity index is 1.46. The van der Waals surface area contributed by atoms with Gasteiger partial charge >= 0.3 is 0 Å². The van der Waals surface area contributed by atoms with Crippen LogP contribution in [0.25, 0.3) is 0 Å². The van der Waals surface area contributed by atoms with Crippen LogP contribution in [0.2, 0.25) is 0 Å². The molecule has 0 unspecified atom stereocenters. The van der Waals surface area contributed by atoms with Crippen molar-refractivity contribution in [2.75, 3.05) is 13.2 Å². The number of amides is 1. The number of hydrogen-bond donors (Lipinski definition) is 1. The fourth-order valence-corrected chi connectivity index (χ4v) is 4.17. The third kappa shape index (κ3) is 3.86. The maximum atomic E-state index is 12.7. The number of hydrogen-bond acceptors (Lipinski definition) is 4.